The molecule has 0 aromatic carbocycles. The molecule has 0 unspecified atom stereocenters. The van der Waals surface area contributed by atoms with Crippen LogP contribution in [0.15, 0.2) is 0 Å². The van der Waals surface area contributed by atoms with Crippen molar-refractivity contribution in [3.05, 3.63) is 0 Å². The van der Waals surface area contributed by atoms with Gasteiger partial charge in [0.25, 0.3) is 0 Å². The van der Waals surface area contributed by atoms with Gasteiger partial charge in [-0.3, -0.25) is 4.79 Å². The van der Waals surface area contributed by atoms with Crippen LogP contribution in [0, 0.1) is 5.92 Å². The number of nitrogens with one attached hydrogen (secondary N) is 1. The van der Waals surface area contributed by atoms with Crippen LogP contribution in [0.1, 0.15) is 96.8 Å². The SMILES string of the molecule is CCCCCCCCCCCNC(=O)C1CCCCC1. The second kappa shape index (κ2) is 12.2. The molecule has 0 aliphatic heterocycles. The van der Waals surface area contributed by atoms with Crippen molar-refractivity contribution in [1.82, 2.24) is 5.32 Å². The summed E-state index contributed by atoms with van der Waals surface area (Å²) in [7, 11) is 0. The smallest absolute Gasteiger partial charge is 0.223 e. The van der Waals surface area contributed by atoms with Crippen LogP contribution in [-0.2, 0) is 4.79 Å². The molecule has 1 rings (SSSR count). The average molecular weight is 281 g/mol. The van der Waals surface area contributed by atoms with Crippen molar-refractivity contribution in [2.24, 2.45) is 5.92 Å². The third kappa shape index (κ3) is 8.60. The molecule has 20 heavy (non-hydrogen) atoms. The molecule has 0 aromatic heterocycles. The number of carbonyl (C=O) groups is 1. The van der Waals surface area contributed by atoms with Crippen molar-refractivity contribution in [1.29, 1.82) is 0 Å². The molecule has 0 heterocycles. The molecule has 1 saturated carbocycles. The molecule has 0 saturated heterocycles. The van der Waals surface area contributed by atoms with Gasteiger partial charge in [0, 0.05) is 12.5 Å². The molecule has 2 nitrogen and oxygen atoms in total. The molecule has 2 heteroatoms. The highest BCUT2D eigenvalue weighted by atomic mass is 16.1. The Bertz CT molecular complexity index is 234. The predicted octanol–water partition coefficient (Wildman–Crippen LogP) is 5.21. The molecule has 0 spiro atoms. The van der Waals surface area contributed by atoms with E-state index in [1.807, 2.05) is 0 Å². The van der Waals surface area contributed by atoms with E-state index in [2.05, 4.69) is 12.2 Å². The predicted molar refractivity (Wildman–Crippen MR) is 86.8 cm³/mol. The second-order valence-corrected chi connectivity index (χ2v) is 6.45. The second-order valence-electron chi connectivity index (χ2n) is 6.45. The van der Waals surface area contributed by atoms with Gasteiger partial charge in [-0.25, -0.2) is 0 Å². The Balaban J connectivity index is 1.83. The largest absolute Gasteiger partial charge is 0.356 e. The lowest BCUT2D eigenvalue weighted by Crippen LogP contribution is -2.32. The van der Waals surface area contributed by atoms with Gasteiger partial charge in [-0.05, 0) is 19.3 Å². The normalized spacial score (nSPS) is 16.2. The lowest BCUT2D eigenvalue weighted by molar-refractivity contribution is -0.125. The molecule has 1 amide bonds. The number of amides is 1. The molecular formula is C18H35NO. The summed E-state index contributed by atoms with van der Waals surface area (Å²) in [6.45, 7) is 3.16. The fourth-order valence-electron chi connectivity index (χ4n) is 3.16. The summed E-state index contributed by atoms with van der Waals surface area (Å²) in [5.74, 6) is 0.645. The van der Waals surface area contributed by atoms with E-state index in [9.17, 15) is 4.79 Å². The lowest BCUT2D eigenvalue weighted by atomic mass is 9.88. The minimum atomic E-state index is 0.322. The first-order valence-electron chi connectivity index (χ1n) is 9.12. The summed E-state index contributed by atoms with van der Waals surface area (Å²) in [6, 6.07) is 0. The maximum Gasteiger partial charge on any atom is 0.223 e. The summed E-state index contributed by atoms with van der Waals surface area (Å²) in [5.41, 5.74) is 0. The standard InChI is InChI=1S/C18H35NO/c1-2-3-4-5-6-7-8-9-13-16-19-18(20)17-14-11-10-12-15-17/h17H,2-16H2,1H3,(H,19,20). The number of rotatable bonds is 11. The van der Waals surface area contributed by atoms with Gasteiger partial charge in [-0.15, -0.1) is 0 Å². The lowest BCUT2D eigenvalue weighted by Gasteiger charge is -2.20. The Morgan fingerprint density at radius 1 is 0.850 bits per heavy atom. The molecule has 1 aliphatic rings. The van der Waals surface area contributed by atoms with E-state index in [-0.39, 0.29) is 0 Å². The Hall–Kier alpha value is -0.530. The molecule has 0 radical (unpaired) electrons. The molecule has 1 fully saturated rings. The van der Waals surface area contributed by atoms with E-state index in [0.29, 0.717) is 11.8 Å². The topological polar surface area (TPSA) is 29.1 Å². The number of hydrogen-bond donors (Lipinski definition) is 1. The molecular weight excluding hydrogens is 246 g/mol. The third-order valence-electron chi connectivity index (χ3n) is 4.56. The van der Waals surface area contributed by atoms with Crippen molar-refractivity contribution in [2.45, 2.75) is 96.8 Å². The highest BCUT2D eigenvalue weighted by molar-refractivity contribution is 5.78. The van der Waals surface area contributed by atoms with Crippen LogP contribution in [0.3, 0.4) is 0 Å². The van der Waals surface area contributed by atoms with Crippen LogP contribution in [0.5, 0.6) is 0 Å². The van der Waals surface area contributed by atoms with Gasteiger partial charge in [0.15, 0.2) is 0 Å². The number of carbonyl (C=O) groups excluding carboxylic acids is 1. The van der Waals surface area contributed by atoms with Crippen LogP contribution >= 0.6 is 0 Å². The van der Waals surface area contributed by atoms with Crippen LogP contribution in [0.2, 0.25) is 0 Å². The van der Waals surface area contributed by atoms with E-state index in [1.54, 1.807) is 0 Å². The summed E-state index contributed by atoms with van der Waals surface area (Å²) in [5, 5.41) is 3.13. The third-order valence-corrected chi connectivity index (χ3v) is 4.56. The number of hydrogen-bond acceptors (Lipinski definition) is 1. The first kappa shape index (κ1) is 17.5. The molecule has 1 N–H and O–H groups in total. The Morgan fingerprint density at radius 2 is 1.40 bits per heavy atom. The monoisotopic (exact) mass is 281 g/mol. The highest BCUT2D eigenvalue weighted by Gasteiger charge is 2.20. The van der Waals surface area contributed by atoms with E-state index in [1.165, 1.54) is 70.6 Å². The first-order valence-corrected chi connectivity index (χ1v) is 9.12. The molecule has 0 atom stereocenters. The maximum absolute atomic E-state index is 11.9. The summed E-state index contributed by atoms with van der Waals surface area (Å²) >= 11 is 0. The Morgan fingerprint density at radius 3 is 2.00 bits per heavy atom. The van der Waals surface area contributed by atoms with Crippen LogP contribution in [-0.4, -0.2) is 12.5 Å². The van der Waals surface area contributed by atoms with E-state index >= 15 is 0 Å². The molecule has 118 valence electrons. The number of unbranched alkanes of at least 4 members (excludes halogenated alkanes) is 8. The fraction of sp³-hybridized carbons (Fsp3) is 0.944. The van der Waals surface area contributed by atoms with E-state index < -0.39 is 0 Å². The van der Waals surface area contributed by atoms with Gasteiger partial charge in [-0.2, -0.15) is 0 Å². The maximum atomic E-state index is 11.9. The van der Waals surface area contributed by atoms with Gasteiger partial charge in [0.05, 0.1) is 0 Å². The Labute approximate surface area is 126 Å². The van der Waals surface area contributed by atoms with Crippen LogP contribution < -0.4 is 5.32 Å². The van der Waals surface area contributed by atoms with E-state index in [0.717, 1.165) is 25.8 Å². The van der Waals surface area contributed by atoms with Crippen molar-refractivity contribution in [3.63, 3.8) is 0 Å². The van der Waals surface area contributed by atoms with Crippen molar-refractivity contribution < 1.29 is 4.79 Å². The van der Waals surface area contributed by atoms with Crippen LogP contribution in [0.25, 0.3) is 0 Å². The minimum absolute atomic E-state index is 0.322. The van der Waals surface area contributed by atoms with Gasteiger partial charge in [0.2, 0.25) is 5.91 Å². The molecule has 0 aromatic rings. The first-order chi connectivity index (χ1) is 9.84. The van der Waals surface area contributed by atoms with Crippen LogP contribution in [0.4, 0.5) is 0 Å². The summed E-state index contributed by atoms with van der Waals surface area (Å²) < 4.78 is 0. The van der Waals surface area contributed by atoms with Gasteiger partial charge in [-0.1, -0.05) is 77.6 Å². The van der Waals surface area contributed by atoms with Crippen molar-refractivity contribution >= 4 is 5.91 Å². The quantitative estimate of drug-likeness (QED) is 0.517. The van der Waals surface area contributed by atoms with Gasteiger partial charge >= 0.3 is 0 Å². The van der Waals surface area contributed by atoms with E-state index in [4.69, 9.17) is 0 Å². The Kier molecular flexibility index (Phi) is 10.7. The molecule has 1 aliphatic carbocycles. The van der Waals surface area contributed by atoms with Gasteiger partial charge < -0.3 is 5.32 Å². The minimum Gasteiger partial charge on any atom is -0.356 e. The zero-order valence-corrected chi connectivity index (χ0v) is 13.6. The fourth-order valence-corrected chi connectivity index (χ4v) is 3.16. The highest BCUT2D eigenvalue weighted by Crippen LogP contribution is 2.23. The average Bonchev–Trinajstić information content (AvgIpc) is 2.50. The van der Waals surface area contributed by atoms with Gasteiger partial charge in [0.1, 0.15) is 0 Å². The summed E-state index contributed by atoms with van der Waals surface area (Å²) in [4.78, 5) is 11.9. The zero-order chi connectivity index (χ0) is 14.5. The van der Waals surface area contributed by atoms with Crippen molar-refractivity contribution in [2.75, 3.05) is 6.54 Å². The summed E-state index contributed by atoms with van der Waals surface area (Å²) in [6.07, 6.45) is 18.1. The van der Waals surface area contributed by atoms with Crippen molar-refractivity contribution in [3.8, 4) is 0 Å². The zero-order valence-electron chi connectivity index (χ0n) is 13.6. The molecule has 0 bridgehead atoms.